The lowest BCUT2D eigenvalue weighted by Crippen LogP contribution is -2.26. The van der Waals surface area contributed by atoms with Crippen LogP contribution in [0.15, 0.2) is 24.5 Å². The van der Waals surface area contributed by atoms with Crippen molar-refractivity contribution in [2.45, 2.75) is 32.7 Å². The third-order valence-electron chi connectivity index (χ3n) is 3.95. The second-order valence-electron chi connectivity index (χ2n) is 5.51. The van der Waals surface area contributed by atoms with Crippen LogP contribution in [-0.2, 0) is 6.42 Å². The van der Waals surface area contributed by atoms with E-state index in [1.54, 1.807) is 0 Å². The van der Waals surface area contributed by atoms with Crippen LogP contribution < -0.4 is 11.1 Å². The molecule has 1 aliphatic carbocycles. The first-order valence-electron chi connectivity index (χ1n) is 6.94. The topological polar surface area (TPSA) is 76.7 Å². The normalized spacial score (nSPS) is 21.3. The third-order valence-corrected chi connectivity index (χ3v) is 3.95. The van der Waals surface area contributed by atoms with Gasteiger partial charge in [0, 0.05) is 0 Å². The fourth-order valence-electron chi connectivity index (χ4n) is 2.83. The molecule has 1 aromatic heterocycles. The Hall–Kier alpha value is -2.17. The van der Waals surface area contributed by atoms with Gasteiger partial charge in [0.05, 0.1) is 6.04 Å². The van der Waals surface area contributed by atoms with Gasteiger partial charge >= 0.3 is 0 Å². The number of aryl methyl sites for hydroxylation is 2. The highest BCUT2D eigenvalue weighted by molar-refractivity contribution is 5.42. The number of nitrogens with zero attached hydrogens (tertiary/aromatic N) is 3. The molecule has 2 aromatic rings. The smallest absolute Gasteiger partial charge is 0.227 e. The molecule has 20 heavy (non-hydrogen) atoms. The summed E-state index contributed by atoms with van der Waals surface area (Å²) in [6.07, 6.45) is 3.73. The Labute approximate surface area is 118 Å². The number of nitrogens with two attached hydrogens (primary N) is 1. The van der Waals surface area contributed by atoms with Crippen molar-refractivity contribution < 1.29 is 0 Å². The molecule has 0 spiro atoms. The molecule has 1 heterocycles. The number of hydrogen-bond donors (Lipinski definition) is 2. The summed E-state index contributed by atoms with van der Waals surface area (Å²) in [5.41, 5.74) is 9.65. The first-order chi connectivity index (χ1) is 9.63. The maximum absolute atomic E-state index is 5.61. The van der Waals surface area contributed by atoms with E-state index in [4.69, 9.17) is 5.73 Å². The van der Waals surface area contributed by atoms with Crippen LogP contribution in [0.25, 0.3) is 0 Å². The van der Waals surface area contributed by atoms with Crippen molar-refractivity contribution in [1.82, 2.24) is 15.0 Å². The quantitative estimate of drug-likeness (QED) is 0.876. The van der Waals surface area contributed by atoms with Crippen molar-refractivity contribution in [2.24, 2.45) is 5.92 Å². The Balaban J connectivity index is 1.94. The van der Waals surface area contributed by atoms with Crippen LogP contribution in [0.4, 0.5) is 11.9 Å². The van der Waals surface area contributed by atoms with Gasteiger partial charge in [-0.3, -0.25) is 0 Å². The molecule has 2 atom stereocenters. The van der Waals surface area contributed by atoms with Crippen molar-refractivity contribution in [3.63, 3.8) is 0 Å². The molecular weight excluding hydrogens is 250 g/mol. The summed E-state index contributed by atoms with van der Waals surface area (Å²) in [4.78, 5) is 12.1. The van der Waals surface area contributed by atoms with Gasteiger partial charge in [0.1, 0.15) is 6.33 Å². The highest BCUT2D eigenvalue weighted by Crippen LogP contribution is 2.36. The molecule has 0 saturated carbocycles. The van der Waals surface area contributed by atoms with Crippen molar-refractivity contribution >= 4 is 11.9 Å². The number of nitrogen functional groups attached to an aromatic ring is 1. The van der Waals surface area contributed by atoms with Crippen LogP contribution in [0.3, 0.4) is 0 Å². The zero-order valence-electron chi connectivity index (χ0n) is 11.8. The molecule has 1 aliphatic rings. The van der Waals surface area contributed by atoms with Gasteiger partial charge in [0.2, 0.25) is 11.9 Å². The average molecular weight is 269 g/mol. The van der Waals surface area contributed by atoms with Crippen LogP contribution in [0.2, 0.25) is 0 Å². The lowest BCUT2D eigenvalue weighted by Gasteiger charge is -2.32. The first kappa shape index (κ1) is 12.8. The second kappa shape index (κ2) is 5.07. The molecule has 3 rings (SSSR count). The minimum atomic E-state index is 0.223. The lowest BCUT2D eigenvalue weighted by molar-refractivity contribution is 0.432. The van der Waals surface area contributed by atoms with Gasteiger partial charge in [-0.1, -0.05) is 30.7 Å². The molecule has 0 aliphatic heterocycles. The average Bonchev–Trinajstić information content (AvgIpc) is 2.42. The van der Waals surface area contributed by atoms with E-state index in [-0.39, 0.29) is 12.0 Å². The van der Waals surface area contributed by atoms with Crippen molar-refractivity contribution in [3.8, 4) is 0 Å². The van der Waals surface area contributed by atoms with Gasteiger partial charge in [-0.2, -0.15) is 4.98 Å². The van der Waals surface area contributed by atoms with E-state index in [1.807, 2.05) is 0 Å². The number of aromatic nitrogens is 3. The Morgan fingerprint density at radius 3 is 2.95 bits per heavy atom. The van der Waals surface area contributed by atoms with E-state index >= 15 is 0 Å². The summed E-state index contributed by atoms with van der Waals surface area (Å²) in [6, 6.07) is 6.88. The highest BCUT2D eigenvalue weighted by Gasteiger charge is 2.27. The molecular formula is C15H19N5. The van der Waals surface area contributed by atoms with Crippen molar-refractivity contribution in [1.29, 1.82) is 0 Å². The Kier molecular flexibility index (Phi) is 3.26. The zero-order chi connectivity index (χ0) is 14.1. The summed E-state index contributed by atoms with van der Waals surface area (Å²) in [5.74, 6) is 1.32. The molecule has 2 unspecified atom stereocenters. The maximum atomic E-state index is 5.61. The molecule has 0 amide bonds. The van der Waals surface area contributed by atoms with E-state index in [2.05, 4.69) is 52.3 Å². The minimum Gasteiger partial charge on any atom is -0.368 e. The summed E-state index contributed by atoms with van der Waals surface area (Å²) in [6.45, 7) is 4.38. The van der Waals surface area contributed by atoms with Crippen LogP contribution in [0, 0.1) is 12.8 Å². The van der Waals surface area contributed by atoms with Crippen molar-refractivity contribution in [2.75, 3.05) is 11.1 Å². The zero-order valence-corrected chi connectivity index (χ0v) is 11.8. The molecule has 0 radical (unpaired) electrons. The van der Waals surface area contributed by atoms with Gasteiger partial charge in [-0.05, 0) is 36.8 Å². The van der Waals surface area contributed by atoms with E-state index in [9.17, 15) is 0 Å². The fourth-order valence-corrected chi connectivity index (χ4v) is 2.83. The molecule has 0 fully saturated rings. The van der Waals surface area contributed by atoms with Crippen LogP contribution >= 0.6 is 0 Å². The molecule has 3 N–H and O–H groups in total. The predicted molar refractivity (Wildman–Crippen MR) is 79.3 cm³/mol. The first-order valence-corrected chi connectivity index (χ1v) is 6.94. The molecule has 1 aromatic carbocycles. The number of hydrogen-bond acceptors (Lipinski definition) is 5. The standard InChI is InChI=1S/C15H19N5/c1-9-3-5-11-6-4-10(2)13(12(11)7-9)19-15-18-8-17-14(16)20-15/h3,5,7-8,10,13H,4,6H2,1-2H3,(H3,16,17,18,19,20). The Bertz CT molecular complexity index is 625. The molecule has 0 saturated heterocycles. The number of rotatable bonds is 2. The molecule has 5 nitrogen and oxygen atoms in total. The summed E-state index contributed by atoms with van der Waals surface area (Å²) < 4.78 is 0. The van der Waals surface area contributed by atoms with Crippen LogP contribution in [0.5, 0.6) is 0 Å². The SMILES string of the molecule is Cc1ccc2c(c1)C(Nc1ncnc(N)n1)C(C)CC2. The molecule has 5 heteroatoms. The summed E-state index contributed by atoms with van der Waals surface area (Å²) in [5, 5.41) is 3.41. The predicted octanol–water partition coefficient (Wildman–Crippen LogP) is 2.50. The van der Waals surface area contributed by atoms with Gasteiger partial charge in [-0.15, -0.1) is 0 Å². The van der Waals surface area contributed by atoms with E-state index in [1.165, 1.54) is 23.0 Å². The van der Waals surface area contributed by atoms with Gasteiger partial charge < -0.3 is 11.1 Å². The van der Waals surface area contributed by atoms with E-state index in [0.717, 1.165) is 12.8 Å². The Morgan fingerprint density at radius 1 is 1.30 bits per heavy atom. The fraction of sp³-hybridized carbons (Fsp3) is 0.400. The number of benzene rings is 1. The molecule has 104 valence electrons. The minimum absolute atomic E-state index is 0.223. The number of fused-ring (bicyclic) bond motifs is 1. The van der Waals surface area contributed by atoms with Crippen LogP contribution in [0.1, 0.15) is 36.1 Å². The van der Waals surface area contributed by atoms with Crippen molar-refractivity contribution in [3.05, 3.63) is 41.2 Å². The van der Waals surface area contributed by atoms with Gasteiger partial charge in [-0.25, -0.2) is 9.97 Å². The van der Waals surface area contributed by atoms with Crippen LogP contribution in [-0.4, -0.2) is 15.0 Å². The second-order valence-corrected chi connectivity index (χ2v) is 5.51. The van der Waals surface area contributed by atoms with E-state index in [0.29, 0.717) is 11.9 Å². The number of anilines is 2. The summed E-state index contributed by atoms with van der Waals surface area (Å²) >= 11 is 0. The van der Waals surface area contributed by atoms with Gasteiger partial charge in [0.25, 0.3) is 0 Å². The van der Waals surface area contributed by atoms with E-state index < -0.39 is 0 Å². The highest BCUT2D eigenvalue weighted by atomic mass is 15.2. The summed E-state index contributed by atoms with van der Waals surface area (Å²) in [7, 11) is 0. The number of nitrogens with one attached hydrogen (secondary N) is 1. The molecule has 0 bridgehead atoms. The monoisotopic (exact) mass is 269 g/mol. The van der Waals surface area contributed by atoms with Gasteiger partial charge in [0.15, 0.2) is 0 Å². The third kappa shape index (κ3) is 2.43. The lowest BCUT2D eigenvalue weighted by atomic mass is 9.80. The maximum Gasteiger partial charge on any atom is 0.227 e. The Morgan fingerprint density at radius 2 is 2.15 bits per heavy atom. The largest absolute Gasteiger partial charge is 0.368 e.